The molecule has 0 bridgehead atoms. The topological polar surface area (TPSA) is 55.3 Å². The first-order chi connectivity index (χ1) is 9.79. The minimum absolute atomic E-state index is 0.170. The molecule has 1 aliphatic heterocycles. The largest absolute Gasteiger partial charge is 0.491 e. The van der Waals surface area contributed by atoms with E-state index < -0.39 is 0 Å². The zero-order chi connectivity index (χ0) is 13.9. The van der Waals surface area contributed by atoms with E-state index >= 15 is 0 Å². The summed E-state index contributed by atoms with van der Waals surface area (Å²) >= 11 is 5.95. The Balaban J connectivity index is 2.00. The Morgan fingerprint density at radius 3 is 3.00 bits per heavy atom. The van der Waals surface area contributed by atoms with Crippen LogP contribution in [0.3, 0.4) is 0 Å². The van der Waals surface area contributed by atoms with Gasteiger partial charge < -0.3 is 9.64 Å². The molecule has 0 amide bonds. The highest BCUT2D eigenvalue weighted by Crippen LogP contribution is 2.28. The average molecular weight is 290 g/mol. The van der Waals surface area contributed by atoms with E-state index in [0.717, 1.165) is 11.3 Å². The van der Waals surface area contributed by atoms with E-state index in [0.29, 0.717) is 37.4 Å². The predicted octanol–water partition coefficient (Wildman–Crippen LogP) is 2.34. The van der Waals surface area contributed by atoms with E-state index in [-0.39, 0.29) is 5.15 Å². The Morgan fingerprint density at radius 1 is 1.30 bits per heavy atom. The second kappa shape index (κ2) is 5.46. The van der Waals surface area contributed by atoms with Gasteiger partial charge in [0.25, 0.3) is 0 Å². The van der Waals surface area contributed by atoms with Crippen LogP contribution in [0, 0.1) is 0 Å². The van der Waals surface area contributed by atoms with Crippen molar-refractivity contribution in [2.45, 2.75) is 6.54 Å². The number of ether oxygens (including phenoxy) is 1. The van der Waals surface area contributed by atoms with Crippen LogP contribution in [0.5, 0.6) is 5.75 Å². The Kier molecular flexibility index (Phi) is 3.52. The first-order valence-corrected chi connectivity index (χ1v) is 6.58. The summed E-state index contributed by atoms with van der Waals surface area (Å²) in [7, 11) is 0. The summed E-state index contributed by atoms with van der Waals surface area (Å²) in [5, 5.41) is 0.170. The molecule has 2 aromatic rings. The Labute approximate surface area is 121 Å². The summed E-state index contributed by atoms with van der Waals surface area (Å²) in [6, 6.07) is 7.83. The third-order valence-corrected chi connectivity index (χ3v) is 3.49. The standard InChI is InChI=1S/C14H12ClN3O2/c15-13-11(8-19)14(17-9-16-13)18-5-6-20-12-4-2-1-3-10(12)7-18/h1-4,8-9H,5-7H2. The number of halogens is 1. The molecule has 1 aromatic carbocycles. The number of carbonyl (C=O) groups is 1. The number of aromatic nitrogens is 2. The maximum absolute atomic E-state index is 11.2. The van der Waals surface area contributed by atoms with E-state index in [9.17, 15) is 4.79 Å². The molecular weight excluding hydrogens is 278 g/mol. The average Bonchev–Trinajstić information content (AvgIpc) is 2.69. The lowest BCUT2D eigenvalue weighted by molar-refractivity contribution is 0.112. The van der Waals surface area contributed by atoms with E-state index in [1.807, 2.05) is 29.2 Å². The second-order valence-electron chi connectivity index (χ2n) is 4.40. The molecule has 3 rings (SSSR count). The van der Waals surface area contributed by atoms with Gasteiger partial charge in [-0.3, -0.25) is 4.79 Å². The molecule has 0 radical (unpaired) electrons. The zero-order valence-electron chi connectivity index (χ0n) is 10.6. The van der Waals surface area contributed by atoms with Gasteiger partial charge in [-0.25, -0.2) is 9.97 Å². The summed E-state index contributed by atoms with van der Waals surface area (Å²) in [5.41, 5.74) is 1.37. The van der Waals surface area contributed by atoms with Gasteiger partial charge in [-0.1, -0.05) is 29.8 Å². The molecule has 0 atom stereocenters. The molecule has 1 aromatic heterocycles. The first kappa shape index (κ1) is 12.9. The van der Waals surface area contributed by atoms with Gasteiger partial charge in [-0.15, -0.1) is 0 Å². The van der Waals surface area contributed by atoms with Crippen LogP contribution in [-0.2, 0) is 6.54 Å². The fourth-order valence-corrected chi connectivity index (χ4v) is 2.40. The number of nitrogens with zero attached hydrogens (tertiary/aromatic N) is 3. The molecule has 0 spiro atoms. The van der Waals surface area contributed by atoms with Crippen molar-refractivity contribution >= 4 is 23.7 Å². The molecule has 0 fully saturated rings. The highest BCUT2D eigenvalue weighted by Gasteiger charge is 2.20. The molecule has 2 heterocycles. The van der Waals surface area contributed by atoms with Crippen molar-refractivity contribution in [2.75, 3.05) is 18.1 Å². The summed E-state index contributed by atoms with van der Waals surface area (Å²) in [4.78, 5) is 21.2. The minimum Gasteiger partial charge on any atom is -0.491 e. The quantitative estimate of drug-likeness (QED) is 0.627. The first-order valence-electron chi connectivity index (χ1n) is 6.21. The van der Waals surface area contributed by atoms with Crippen molar-refractivity contribution in [3.63, 3.8) is 0 Å². The minimum atomic E-state index is 0.170. The number of para-hydroxylation sites is 1. The summed E-state index contributed by atoms with van der Waals surface area (Å²) < 4.78 is 5.70. The lowest BCUT2D eigenvalue weighted by Gasteiger charge is -2.22. The number of hydrogen-bond donors (Lipinski definition) is 0. The van der Waals surface area contributed by atoms with Gasteiger partial charge in [-0.2, -0.15) is 0 Å². The fraction of sp³-hybridized carbons (Fsp3) is 0.214. The van der Waals surface area contributed by atoms with Gasteiger partial charge in [0.2, 0.25) is 0 Å². The Bertz CT molecular complexity index is 648. The van der Waals surface area contributed by atoms with E-state index in [4.69, 9.17) is 16.3 Å². The van der Waals surface area contributed by atoms with E-state index in [1.165, 1.54) is 6.33 Å². The number of rotatable bonds is 2. The Hall–Kier alpha value is -2.14. The molecule has 20 heavy (non-hydrogen) atoms. The predicted molar refractivity (Wildman–Crippen MR) is 75.4 cm³/mol. The number of benzene rings is 1. The molecule has 5 nitrogen and oxygen atoms in total. The Morgan fingerprint density at radius 2 is 2.15 bits per heavy atom. The fourth-order valence-electron chi connectivity index (χ4n) is 2.23. The zero-order valence-corrected chi connectivity index (χ0v) is 11.4. The molecule has 0 aliphatic carbocycles. The molecular formula is C14H12ClN3O2. The number of anilines is 1. The van der Waals surface area contributed by atoms with Crippen LogP contribution in [0.4, 0.5) is 5.82 Å². The summed E-state index contributed by atoms with van der Waals surface area (Å²) in [5.74, 6) is 1.41. The van der Waals surface area contributed by atoms with Crippen LogP contribution in [-0.4, -0.2) is 29.4 Å². The SMILES string of the molecule is O=Cc1c(Cl)ncnc1N1CCOc2ccccc2C1. The molecule has 6 heteroatoms. The summed E-state index contributed by atoms with van der Waals surface area (Å²) in [6.07, 6.45) is 2.05. The molecule has 0 saturated carbocycles. The van der Waals surface area contributed by atoms with Crippen LogP contribution in [0.1, 0.15) is 15.9 Å². The number of fused-ring (bicyclic) bond motifs is 1. The van der Waals surface area contributed by atoms with Gasteiger partial charge in [0.05, 0.1) is 12.1 Å². The van der Waals surface area contributed by atoms with Gasteiger partial charge >= 0.3 is 0 Å². The van der Waals surface area contributed by atoms with Gasteiger partial charge in [-0.05, 0) is 6.07 Å². The molecule has 0 unspecified atom stereocenters. The van der Waals surface area contributed by atoms with Gasteiger partial charge in [0.15, 0.2) is 6.29 Å². The van der Waals surface area contributed by atoms with E-state index in [2.05, 4.69) is 9.97 Å². The second-order valence-corrected chi connectivity index (χ2v) is 4.76. The lowest BCUT2D eigenvalue weighted by atomic mass is 10.2. The van der Waals surface area contributed by atoms with Crippen LogP contribution in [0.15, 0.2) is 30.6 Å². The van der Waals surface area contributed by atoms with Gasteiger partial charge in [0, 0.05) is 12.1 Å². The van der Waals surface area contributed by atoms with Crippen LogP contribution in [0.2, 0.25) is 5.15 Å². The van der Waals surface area contributed by atoms with Crippen molar-refractivity contribution in [3.05, 3.63) is 46.9 Å². The molecule has 0 saturated heterocycles. The highest BCUT2D eigenvalue weighted by atomic mass is 35.5. The van der Waals surface area contributed by atoms with Crippen LogP contribution >= 0.6 is 11.6 Å². The van der Waals surface area contributed by atoms with Crippen molar-refractivity contribution in [1.29, 1.82) is 0 Å². The van der Waals surface area contributed by atoms with E-state index in [1.54, 1.807) is 0 Å². The van der Waals surface area contributed by atoms with Gasteiger partial charge in [0.1, 0.15) is 29.7 Å². The van der Waals surface area contributed by atoms with Crippen LogP contribution in [0.25, 0.3) is 0 Å². The molecule has 1 aliphatic rings. The maximum atomic E-state index is 11.2. The number of aldehydes is 1. The molecule has 0 N–H and O–H groups in total. The van der Waals surface area contributed by atoms with Crippen molar-refractivity contribution < 1.29 is 9.53 Å². The monoisotopic (exact) mass is 289 g/mol. The third kappa shape index (κ3) is 2.32. The summed E-state index contributed by atoms with van der Waals surface area (Å²) in [6.45, 7) is 1.77. The van der Waals surface area contributed by atoms with Crippen molar-refractivity contribution in [2.24, 2.45) is 0 Å². The smallest absolute Gasteiger partial charge is 0.156 e. The number of hydrogen-bond acceptors (Lipinski definition) is 5. The van der Waals surface area contributed by atoms with Crippen molar-refractivity contribution in [3.8, 4) is 5.75 Å². The third-order valence-electron chi connectivity index (χ3n) is 3.18. The number of carbonyl (C=O) groups excluding carboxylic acids is 1. The highest BCUT2D eigenvalue weighted by molar-refractivity contribution is 6.32. The lowest BCUT2D eigenvalue weighted by Crippen LogP contribution is -2.27. The van der Waals surface area contributed by atoms with Crippen LogP contribution < -0.4 is 9.64 Å². The molecule has 102 valence electrons. The normalized spacial score (nSPS) is 14.2. The maximum Gasteiger partial charge on any atom is 0.156 e. The van der Waals surface area contributed by atoms with Crippen molar-refractivity contribution in [1.82, 2.24) is 9.97 Å².